The molecule has 3 aliphatic rings. The van der Waals surface area contributed by atoms with Crippen LogP contribution in [0.1, 0.15) is 57.8 Å². The van der Waals surface area contributed by atoms with E-state index >= 15 is 0 Å². The minimum absolute atomic E-state index is 0.619. The summed E-state index contributed by atoms with van der Waals surface area (Å²) in [5.41, 5.74) is 0.619. The first-order valence-corrected chi connectivity index (χ1v) is 6.16. The van der Waals surface area contributed by atoms with Crippen LogP contribution in [0.3, 0.4) is 0 Å². The first-order chi connectivity index (χ1) is 6.38. The standard InChI is InChI=1S/C12H21N/c1-2-7-12(8-3-1)9-10-5-4-6-11(10)13-12/h10-11,13H,1-9H2. The number of hydrogen-bond donors (Lipinski definition) is 1. The van der Waals surface area contributed by atoms with Crippen LogP contribution in [0.2, 0.25) is 0 Å². The van der Waals surface area contributed by atoms with Crippen molar-refractivity contribution < 1.29 is 0 Å². The van der Waals surface area contributed by atoms with Gasteiger partial charge in [0.05, 0.1) is 0 Å². The summed E-state index contributed by atoms with van der Waals surface area (Å²) in [7, 11) is 0. The summed E-state index contributed by atoms with van der Waals surface area (Å²) in [6.07, 6.45) is 13.4. The van der Waals surface area contributed by atoms with Gasteiger partial charge in [0, 0.05) is 11.6 Å². The molecule has 3 fully saturated rings. The molecule has 1 aliphatic heterocycles. The quantitative estimate of drug-likeness (QED) is 0.603. The van der Waals surface area contributed by atoms with Crippen LogP contribution in [0.15, 0.2) is 0 Å². The van der Waals surface area contributed by atoms with Crippen molar-refractivity contribution in [2.45, 2.75) is 69.4 Å². The summed E-state index contributed by atoms with van der Waals surface area (Å²) in [6, 6.07) is 0.915. The lowest BCUT2D eigenvalue weighted by Crippen LogP contribution is -2.44. The minimum atomic E-state index is 0.619. The predicted octanol–water partition coefficient (Wildman–Crippen LogP) is 2.85. The lowest BCUT2D eigenvalue weighted by Gasteiger charge is -2.35. The van der Waals surface area contributed by atoms with E-state index < -0.39 is 0 Å². The molecule has 1 nitrogen and oxygen atoms in total. The van der Waals surface area contributed by atoms with E-state index in [0.717, 1.165) is 12.0 Å². The molecule has 0 bridgehead atoms. The molecule has 3 rings (SSSR count). The smallest absolute Gasteiger partial charge is 0.0187 e. The van der Waals surface area contributed by atoms with Gasteiger partial charge in [-0.2, -0.15) is 0 Å². The maximum Gasteiger partial charge on any atom is 0.0187 e. The van der Waals surface area contributed by atoms with Gasteiger partial charge in [-0.25, -0.2) is 0 Å². The van der Waals surface area contributed by atoms with E-state index in [1.807, 2.05) is 0 Å². The SMILES string of the molecule is C1CCC2(CC1)CC1CCCC1N2. The molecular formula is C12H21N. The van der Waals surface area contributed by atoms with Crippen molar-refractivity contribution in [2.75, 3.05) is 0 Å². The van der Waals surface area contributed by atoms with E-state index in [9.17, 15) is 0 Å². The number of hydrogen-bond acceptors (Lipinski definition) is 1. The van der Waals surface area contributed by atoms with Gasteiger partial charge in [-0.1, -0.05) is 25.7 Å². The molecule has 0 radical (unpaired) electrons. The Balaban J connectivity index is 1.73. The Morgan fingerprint density at radius 2 is 1.77 bits per heavy atom. The van der Waals surface area contributed by atoms with Gasteiger partial charge in [-0.05, 0) is 38.0 Å². The van der Waals surface area contributed by atoms with Crippen molar-refractivity contribution in [3.05, 3.63) is 0 Å². The van der Waals surface area contributed by atoms with E-state index in [4.69, 9.17) is 0 Å². The highest BCUT2D eigenvalue weighted by Crippen LogP contribution is 2.45. The van der Waals surface area contributed by atoms with Crippen molar-refractivity contribution >= 4 is 0 Å². The zero-order valence-electron chi connectivity index (χ0n) is 8.52. The Bertz CT molecular complexity index is 179. The number of rotatable bonds is 0. The van der Waals surface area contributed by atoms with Crippen molar-refractivity contribution in [3.8, 4) is 0 Å². The highest BCUT2D eigenvalue weighted by atomic mass is 15.1. The summed E-state index contributed by atoms with van der Waals surface area (Å²) < 4.78 is 0. The molecule has 13 heavy (non-hydrogen) atoms. The largest absolute Gasteiger partial charge is 0.308 e. The minimum Gasteiger partial charge on any atom is -0.308 e. The van der Waals surface area contributed by atoms with Crippen molar-refractivity contribution in [2.24, 2.45) is 5.92 Å². The second kappa shape index (κ2) is 2.98. The van der Waals surface area contributed by atoms with Crippen LogP contribution in [0.5, 0.6) is 0 Å². The Morgan fingerprint density at radius 3 is 2.54 bits per heavy atom. The highest BCUT2D eigenvalue weighted by molar-refractivity contribution is 5.05. The van der Waals surface area contributed by atoms with Crippen LogP contribution in [-0.2, 0) is 0 Å². The van der Waals surface area contributed by atoms with Gasteiger partial charge in [0.15, 0.2) is 0 Å². The molecule has 1 heteroatoms. The molecule has 0 amide bonds. The topological polar surface area (TPSA) is 12.0 Å². The first kappa shape index (κ1) is 8.28. The van der Waals surface area contributed by atoms with Gasteiger partial charge in [0.25, 0.3) is 0 Å². The van der Waals surface area contributed by atoms with Crippen LogP contribution < -0.4 is 5.32 Å². The van der Waals surface area contributed by atoms with Gasteiger partial charge < -0.3 is 5.32 Å². The zero-order valence-corrected chi connectivity index (χ0v) is 8.52. The first-order valence-electron chi connectivity index (χ1n) is 6.16. The Labute approximate surface area is 81.3 Å². The third-order valence-electron chi connectivity index (χ3n) is 4.61. The Hall–Kier alpha value is -0.0400. The van der Waals surface area contributed by atoms with E-state index in [1.165, 1.54) is 57.8 Å². The molecule has 1 N–H and O–H groups in total. The third-order valence-corrected chi connectivity index (χ3v) is 4.61. The van der Waals surface area contributed by atoms with Crippen LogP contribution in [0.25, 0.3) is 0 Å². The zero-order chi connectivity index (χ0) is 8.73. The summed E-state index contributed by atoms with van der Waals surface area (Å²) in [4.78, 5) is 0. The summed E-state index contributed by atoms with van der Waals surface area (Å²) >= 11 is 0. The fourth-order valence-electron chi connectivity index (χ4n) is 4.00. The molecule has 1 spiro atoms. The molecule has 1 heterocycles. The Morgan fingerprint density at radius 1 is 0.923 bits per heavy atom. The third kappa shape index (κ3) is 1.32. The summed E-state index contributed by atoms with van der Waals surface area (Å²) in [5.74, 6) is 1.05. The molecule has 0 aromatic carbocycles. The molecule has 2 unspecified atom stereocenters. The molecule has 0 aromatic rings. The highest BCUT2D eigenvalue weighted by Gasteiger charge is 2.46. The molecule has 74 valence electrons. The second-order valence-electron chi connectivity index (χ2n) is 5.49. The van der Waals surface area contributed by atoms with Gasteiger partial charge in [-0.3, -0.25) is 0 Å². The summed E-state index contributed by atoms with van der Waals surface area (Å²) in [6.45, 7) is 0. The van der Waals surface area contributed by atoms with E-state index in [2.05, 4.69) is 5.32 Å². The number of fused-ring (bicyclic) bond motifs is 1. The summed E-state index contributed by atoms with van der Waals surface area (Å²) in [5, 5.41) is 3.97. The molecule has 2 aliphatic carbocycles. The maximum atomic E-state index is 3.97. The molecule has 1 saturated heterocycles. The predicted molar refractivity (Wildman–Crippen MR) is 54.7 cm³/mol. The van der Waals surface area contributed by atoms with Gasteiger partial charge in [0.1, 0.15) is 0 Å². The molecule has 2 saturated carbocycles. The van der Waals surface area contributed by atoms with Crippen LogP contribution >= 0.6 is 0 Å². The van der Waals surface area contributed by atoms with Crippen LogP contribution in [0.4, 0.5) is 0 Å². The normalized spacial score (nSPS) is 42.5. The second-order valence-corrected chi connectivity index (χ2v) is 5.49. The van der Waals surface area contributed by atoms with Crippen LogP contribution in [0, 0.1) is 5.92 Å². The molecule has 2 atom stereocenters. The number of nitrogens with one attached hydrogen (secondary N) is 1. The average Bonchev–Trinajstić information content (AvgIpc) is 2.64. The fourth-order valence-corrected chi connectivity index (χ4v) is 4.00. The van der Waals surface area contributed by atoms with Crippen molar-refractivity contribution in [1.29, 1.82) is 0 Å². The average molecular weight is 179 g/mol. The van der Waals surface area contributed by atoms with Gasteiger partial charge in [-0.15, -0.1) is 0 Å². The molecule has 0 aromatic heterocycles. The monoisotopic (exact) mass is 179 g/mol. The van der Waals surface area contributed by atoms with Crippen molar-refractivity contribution in [3.63, 3.8) is 0 Å². The van der Waals surface area contributed by atoms with Crippen LogP contribution in [-0.4, -0.2) is 11.6 Å². The Kier molecular flexibility index (Phi) is 1.90. The van der Waals surface area contributed by atoms with E-state index in [-0.39, 0.29) is 0 Å². The maximum absolute atomic E-state index is 3.97. The van der Waals surface area contributed by atoms with E-state index in [0.29, 0.717) is 5.54 Å². The van der Waals surface area contributed by atoms with Crippen molar-refractivity contribution in [1.82, 2.24) is 5.32 Å². The van der Waals surface area contributed by atoms with Gasteiger partial charge >= 0.3 is 0 Å². The van der Waals surface area contributed by atoms with E-state index in [1.54, 1.807) is 0 Å². The lowest BCUT2D eigenvalue weighted by atomic mass is 9.79. The van der Waals surface area contributed by atoms with Gasteiger partial charge in [0.2, 0.25) is 0 Å². The lowest BCUT2D eigenvalue weighted by molar-refractivity contribution is 0.246. The molecular weight excluding hydrogens is 158 g/mol. The fraction of sp³-hybridized carbons (Fsp3) is 1.00.